The van der Waals surface area contributed by atoms with Crippen LogP contribution < -0.4 is 5.32 Å². The van der Waals surface area contributed by atoms with E-state index in [0.29, 0.717) is 22.8 Å². The fourth-order valence-electron chi connectivity index (χ4n) is 4.02. The van der Waals surface area contributed by atoms with E-state index in [2.05, 4.69) is 30.4 Å². The van der Waals surface area contributed by atoms with E-state index < -0.39 is 11.8 Å². The van der Waals surface area contributed by atoms with Crippen molar-refractivity contribution in [3.05, 3.63) is 99.3 Å². The molecule has 2 N–H and O–H groups in total. The molecular formula is C25H20Cl2FN7O. The largest absolute Gasteiger partial charge is 0.351 e. The van der Waals surface area contributed by atoms with Crippen LogP contribution in [0.1, 0.15) is 39.2 Å². The van der Waals surface area contributed by atoms with Crippen molar-refractivity contribution in [1.29, 1.82) is 0 Å². The van der Waals surface area contributed by atoms with Gasteiger partial charge in [-0.05, 0) is 49.7 Å². The zero-order valence-electron chi connectivity index (χ0n) is 19.3. The number of hydrogen-bond donors (Lipinski definition) is 2. The number of nitrogens with zero attached hydrogens (tertiary/aromatic N) is 5. The SMILES string of the molecule is Cc1ncn(-c2cc(Cl)c(C(=O)NCC(c3cccc(F)c3)c3cc4nc(C)[nH]c4cn3)c(Cl)c2)n1. The molecule has 3 aromatic heterocycles. The first kappa shape index (κ1) is 23.9. The maximum atomic E-state index is 14.1. The molecule has 2 aromatic carbocycles. The Morgan fingerprint density at radius 1 is 1.14 bits per heavy atom. The predicted octanol–water partition coefficient (Wildman–Crippen LogP) is 5.16. The van der Waals surface area contributed by atoms with Gasteiger partial charge >= 0.3 is 0 Å². The minimum Gasteiger partial charge on any atom is -0.351 e. The molecule has 0 aliphatic heterocycles. The summed E-state index contributed by atoms with van der Waals surface area (Å²) in [6, 6.07) is 11.2. The normalized spacial score (nSPS) is 12.1. The lowest BCUT2D eigenvalue weighted by Crippen LogP contribution is -2.30. The van der Waals surface area contributed by atoms with Gasteiger partial charge < -0.3 is 10.3 Å². The molecular weight excluding hydrogens is 504 g/mol. The molecule has 3 heterocycles. The monoisotopic (exact) mass is 523 g/mol. The van der Waals surface area contributed by atoms with Crippen molar-refractivity contribution < 1.29 is 9.18 Å². The zero-order chi connectivity index (χ0) is 25.4. The molecule has 0 fully saturated rings. The molecule has 0 spiro atoms. The Balaban J connectivity index is 1.44. The quantitative estimate of drug-likeness (QED) is 0.320. The van der Waals surface area contributed by atoms with Crippen molar-refractivity contribution in [2.24, 2.45) is 0 Å². The third kappa shape index (κ3) is 4.80. The molecule has 36 heavy (non-hydrogen) atoms. The van der Waals surface area contributed by atoms with Gasteiger partial charge in [-0.2, -0.15) is 5.10 Å². The Morgan fingerprint density at radius 2 is 1.92 bits per heavy atom. The van der Waals surface area contributed by atoms with Gasteiger partial charge in [0.2, 0.25) is 0 Å². The van der Waals surface area contributed by atoms with Crippen molar-refractivity contribution in [3.63, 3.8) is 0 Å². The number of hydrogen-bond acceptors (Lipinski definition) is 5. The van der Waals surface area contributed by atoms with Crippen LogP contribution in [-0.4, -0.2) is 42.2 Å². The van der Waals surface area contributed by atoms with Gasteiger partial charge in [-0.15, -0.1) is 0 Å². The van der Waals surface area contributed by atoms with Gasteiger partial charge in [-0.25, -0.2) is 19.0 Å². The molecule has 1 atom stereocenters. The summed E-state index contributed by atoms with van der Waals surface area (Å²) >= 11 is 12.9. The van der Waals surface area contributed by atoms with Gasteiger partial charge in [0.1, 0.15) is 23.8 Å². The number of H-pyrrole nitrogens is 1. The van der Waals surface area contributed by atoms with E-state index in [1.165, 1.54) is 23.1 Å². The van der Waals surface area contributed by atoms with E-state index >= 15 is 0 Å². The average Bonchev–Trinajstić information content (AvgIpc) is 3.43. The van der Waals surface area contributed by atoms with Crippen LogP contribution in [0.4, 0.5) is 4.39 Å². The van der Waals surface area contributed by atoms with Crippen LogP contribution in [0.5, 0.6) is 0 Å². The molecule has 11 heteroatoms. The van der Waals surface area contributed by atoms with E-state index in [1.807, 2.05) is 13.0 Å². The highest BCUT2D eigenvalue weighted by atomic mass is 35.5. The van der Waals surface area contributed by atoms with Gasteiger partial charge in [-0.3, -0.25) is 9.78 Å². The number of pyridine rings is 1. The summed E-state index contributed by atoms with van der Waals surface area (Å²) < 4.78 is 15.6. The minimum atomic E-state index is -0.468. The summed E-state index contributed by atoms with van der Waals surface area (Å²) in [7, 11) is 0. The smallest absolute Gasteiger partial charge is 0.254 e. The summed E-state index contributed by atoms with van der Waals surface area (Å²) in [5.74, 6) is 0.0496. The standard InChI is InChI=1S/C25H20Cl2FN7O/c1-13-31-12-35(34-13)17-7-19(26)24(20(27)8-17)25(36)30-10-18(15-4-3-5-16(28)6-15)21-9-22-23(11-29-21)33-14(2)32-22/h3-9,11-12,18H,10H2,1-2H3,(H,30,36)(H,32,33). The second-order valence-corrected chi connectivity index (χ2v) is 9.10. The number of fused-ring (bicyclic) bond motifs is 1. The second kappa shape index (κ2) is 9.67. The summed E-state index contributed by atoms with van der Waals surface area (Å²) in [6.07, 6.45) is 3.21. The van der Waals surface area contributed by atoms with Gasteiger partial charge in [0.25, 0.3) is 5.91 Å². The average molecular weight is 524 g/mol. The number of benzene rings is 2. The number of imidazole rings is 1. The van der Waals surface area contributed by atoms with Crippen LogP contribution in [0, 0.1) is 19.7 Å². The molecule has 5 aromatic rings. The molecule has 0 saturated carbocycles. The van der Waals surface area contributed by atoms with E-state index in [4.69, 9.17) is 23.2 Å². The Hall–Kier alpha value is -3.82. The number of amides is 1. The maximum absolute atomic E-state index is 14.1. The lowest BCUT2D eigenvalue weighted by molar-refractivity contribution is 0.0952. The molecule has 0 radical (unpaired) electrons. The Labute approximate surface area is 215 Å². The molecule has 0 aliphatic carbocycles. The van der Waals surface area contributed by atoms with Crippen LogP contribution in [-0.2, 0) is 0 Å². The number of rotatable bonds is 6. The van der Waals surface area contributed by atoms with Gasteiger partial charge in [-0.1, -0.05) is 35.3 Å². The molecule has 0 aliphatic rings. The maximum Gasteiger partial charge on any atom is 0.254 e. The highest BCUT2D eigenvalue weighted by Gasteiger charge is 2.22. The van der Waals surface area contributed by atoms with E-state index in [9.17, 15) is 9.18 Å². The lowest BCUT2D eigenvalue weighted by atomic mass is 9.94. The molecule has 1 amide bonds. The topological polar surface area (TPSA) is 101 Å². The summed E-state index contributed by atoms with van der Waals surface area (Å²) in [5.41, 5.74) is 3.52. The van der Waals surface area contributed by atoms with E-state index in [-0.39, 0.29) is 28.0 Å². The van der Waals surface area contributed by atoms with Crippen LogP contribution in [0.2, 0.25) is 10.0 Å². The van der Waals surface area contributed by atoms with Crippen LogP contribution >= 0.6 is 23.2 Å². The van der Waals surface area contributed by atoms with E-state index in [1.54, 1.807) is 37.4 Å². The minimum absolute atomic E-state index is 0.126. The number of nitrogens with one attached hydrogen (secondary N) is 2. The van der Waals surface area contributed by atoms with Crippen LogP contribution in [0.25, 0.3) is 16.7 Å². The lowest BCUT2D eigenvalue weighted by Gasteiger charge is -2.19. The van der Waals surface area contributed by atoms with E-state index in [0.717, 1.165) is 16.9 Å². The number of aryl methyl sites for hydroxylation is 2. The Morgan fingerprint density at radius 3 is 2.61 bits per heavy atom. The number of aromatic amines is 1. The highest BCUT2D eigenvalue weighted by molar-refractivity contribution is 6.40. The predicted molar refractivity (Wildman–Crippen MR) is 135 cm³/mol. The highest BCUT2D eigenvalue weighted by Crippen LogP contribution is 2.29. The molecule has 0 saturated heterocycles. The first-order valence-electron chi connectivity index (χ1n) is 11.0. The Bertz CT molecular complexity index is 1570. The molecule has 1 unspecified atom stereocenters. The van der Waals surface area contributed by atoms with Crippen LogP contribution in [0.3, 0.4) is 0 Å². The Kier molecular flexibility index (Phi) is 6.42. The van der Waals surface area contributed by atoms with Gasteiger partial charge in [0.05, 0.1) is 44.2 Å². The number of carbonyl (C=O) groups excluding carboxylic acids is 1. The van der Waals surface area contributed by atoms with Crippen LogP contribution in [0.15, 0.2) is 55.0 Å². The van der Waals surface area contributed by atoms with Crippen molar-refractivity contribution in [1.82, 2.24) is 35.0 Å². The van der Waals surface area contributed by atoms with Crippen molar-refractivity contribution in [3.8, 4) is 5.69 Å². The first-order valence-corrected chi connectivity index (χ1v) is 11.8. The zero-order valence-corrected chi connectivity index (χ0v) is 20.8. The summed E-state index contributed by atoms with van der Waals surface area (Å²) in [5, 5.41) is 7.45. The summed E-state index contributed by atoms with van der Waals surface area (Å²) in [6.45, 7) is 3.74. The molecule has 182 valence electrons. The van der Waals surface area contributed by atoms with Gasteiger partial charge in [0.15, 0.2) is 0 Å². The number of halogens is 3. The summed E-state index contributed by atoms with van der Waals surface area (Å²) in [4.78, 5) is 29.4. The molecule has 8 nitrogen and oxygen atoms in total. The van der Waals surface area contributed by atoms with Crippen molar-refractivity contribution in [2.45, 2.75) is 19.8 Å². The molecule has 5 rings (SSSR count). The molecule has 0 bridgehead atoms. The third-order valence-electron chi connectivity index (χ3n) is 5.71. The fraction of sp³-hybridized carbons (Fsp3) is 0.160. The first-order chi connectivity index (χ1) is 17.3. The second-order valence-electron chi connectivity index (χ2n) is 8.29. The third-order valence-corrected chi connectivity index (χ3v) is 6.30. The van der Waals surface area contributed by atoms with Crippen molar-refractivity contribution >= 4 is 40.1 Å². The fourth-order valence-corrected chi connectivity index (χ4v) is 4.67. The van der Waals surface area contributed by atoms with Crippen molar-refractivity contribution in [2.75, 3.05) is 6.54 Å². The number of carbonyl (C=O) groups is 1. The van der Waals surface area contributed by atoms with Gasteiger partial charge in [0, 0.05) is 12.5 Å². The number of aromatic nitrogens is 6.